The largest absolute Gasteiger partial charge is 0.332 e. The second kappa shape index (κ2) is 7.04. The van der Waals surface area contributed by atoms with Gasteiger partial charge in [0.05, 0.1) is 12.2 Å². The summed E-state index contributed by atoms with van der Waals surface area (Å²) >= 11 is 3.29. The summed E-state index contributed by atoms with van der Waals surface area (Å²) in [6.45, 7) is -0.104. The van der Waals surface area contributed by atoms with Crippen molar-refractivity contribution in [2.75, 3.05) is 5.32 Å². The van der Waals surface area contributed by atoms with Crippen LogP contribution in [0.2, 0.25) is 0 Å². The molecule has 1 aliphatic carbocycles. The lowest BCUT2D eigenvalue weighted by Crippen LogP contribution is -2.37. The minimum Gasteiger partial charge on any atom is -0.309 e. The molecule has 0 radical (unpaired) electrons. The number of amides is 1. The highest BCUT2D eigenvalue weighted by Gasteiger charge is 2.22. The van der Waals surface area contributed by atoms with Gasteiger partial charge in [0.25, 0.3) is 5.56 Å². The number of imidazole rings is 1. The molecule has 0 spiro atoms. The third-order valence-electron chi connectivity index (χ3n) is 5.20. The maximum Gasteiger partial charge on any atom is 0.332 e. The van der Waals surface area contributed by atoms with Crippen LogP contribution in [0.1, 0.15) is 31.7 Å². The second-order valence-electron chi connectivity index (χ2n) is 6.99. The van der Waals surface area contributed by atoms with Gasteiger partial charge in [-0.1, -0.05) is 12.8 Å². The molecule has 1 amide bonds. The summed E-state index contributed by atoms with van der Waals surface area (Å²) < 4.78 is 5.97. The Balaban J connectivity index is 1.65. The Kier molecular flexibility index (Phi) is 4.69. The molecule has 4 rings (SSSR count). The van der Waals surface area contributed by atoms with Gasteiger partial charge in [-0.25, -0.2) is 14.5 Å². The number of nitrogens with zero attached hydrogens (tertiary/aromatic N) is 6. The minimum atomic E-state index is -0.503. The van der Waals surface area contributed by atoms with Crippen LogP contribution in [-0.2, 0) is 25.4 Å². The molecule has 3 heterocycles. The maximum atomic E-state index is 12.7. The van der Waals surface area contributed by atoms with E-state index in [0.717, 1.165) is 30.3 Å². The zero-order valence-corrected chi connectivity index (χ0v) is 17.1. The SMILES string of the molecule is Cn1c(=O)c2nc(Br)n(CC(=O)Nc3ccnn3C3CCCC3)c2n(C)c1=O. The smallest absolute Gasteiger partial charge is 0.309 e. The third-order valence-corrected chi connectivity index (χ3v) is 5.81. The van der Waals surface area contributed by atoms with Gasteiger partial charge < -0.3 is 5.32 Å². The molecule has 0 bridgehead atoms. The fraction of sp³-hybridized carbons (Fsp3) is 0.471. The fourth-order valence-electron chi connectivity index (χ4n) is 3.78. The number of halogens is 1. The fourth-order valence-corrected chi connectivity index (χ4v) is 4.25. The first kappa shape index (κ1) is 18.7. The van der Waals surface area contributed by atoms with Crippen molar-refractivity contribution >= 4 is 38.8 Å². The Hall–Kier alpha value is -2.69. The van der Waals surface area contributed by atoms with Crippen LogP contribution in [0.5, 0.6) is 0 Å². The summed E-state index contributed by atoms with van der Waals surface area (Å²) in [5.41, 5.74) is -0.567. The van der Waals surface area contributed by atoms with Crippen LogP contribution >= 0.6 is 15.9 Å². The van der Waals surface area contributed by atoms with Gasteiger partial charge in [0.2, 0.25) is 5.91 Å². The van der Waals surface area contributed by atoms with E-state index < -0.39 is 11.2 Å². The number of aryl methyl sites for hydroxylation is 1. The third kappa shape index (κ3) is 2.99. The van der Waals surface area contributed by atoms with Crippen molar-refractivity contribution < 1.29 is 4.79 Å². The number of fused-ring (bicyclic) bond motifs is 1. The summed E-state index contributed by atoms with van der Waals surface area (Å²) in [6, 6.07) is 2.07. The lowest BCUT2D eigenvalue weighted by molar-refractivity contribution is -0.116. The number of anilines is 1. The molecule has 0 saturated heterocycles. The molecule has 1 fully saturated rings. The molecule has 3 aromatic heterocycles. The lowest BCUT2D eigenvalue weighted by atomic mass is 10.2. The number of nitrogens with one attached hydrogen (secondary N) is 1. The summed E-state index contributed by atoms with van der Waals surface area (Å²) in [5.74, 6) is 0.343. The summed E-state index contributed by atoms with van der Waals surface area (Å²) in [4.78, 5) is 41.5. The second-order valence-corrected chi connectivity index (χ2v) is 7.70. The van der Waals surface area contributed by atoms with E-state index in [2.05, 4.69) is 31.3 Å². The molecule has 10 nitrogen and oxygen atoms in total. The Bertz CT molecular complexity index is 1180. The van der Waals surface area contributed by atoms with Crippen LogP contribution < -0.4 is 16.6 Å². The molecule has 28 heavy (non-hydrogen) atoms. The van der Waals surface area contributed by atoms with Crippen molar-refractivity contribution in [2.45, 2.75) is 38.3 Å². The van der Waals surface area contributed by atoms with E-state index >= 15 is 0 Å². The molecular weight excluding hydrogens is 430 g/mol. The van der Waals surface area contributed by atoms with Crippen molar-refractivity contribution in [3.8, 4) is 0 Å². The molecule has 11 heteroatoms. The van der Waals surface area contributed by atoms with Gasteiger partial charge >= 0.3 is 5.69 Å². The minimum absolute atomic E-state index is 0.104. The molecule has 0 aromatic carbocycles. The van der Waals surface area contributed by atoms with Crippen LogP contribution in [0.15, 0.2) is 26.6 Å². The van der Waals surface area contributed by atoms with E-state index in [9.17, 15) is 14.4 Å². The van der Waals surface area contributed by atoms with Crippen LogP contribution in [0.25, 0.3) is 11.2 Å². The van der Waals surface area contributed by atoms with Crippen molar-refractivity contribution in [3.63, 3.8) is 0 Å². The standard InChI is InChI=1S/C17H20BrN7O3/c1-22-14-13(15(27)23(2)17(22)28)21-16(18)24(14)9-12(26)20-11-7-8-19-25(11)10-5-3-4-6-10/h7-8,10H,3-6,9H2,1-2H3,(H,20,26). The molecule has 3 aromatic rings. The zero-order valence-electron chi connectivity index (χ0n) is 15.6. The van der Waals surface area contributed by atoms with E-state index in [1.807, 2.05) is 4.68 Å². The number of carbonyl (C=O) groups excluding carboxylic acids is 1. The first-order chi connectivity index (χ1) is 13.4. The van der Waals surface area contributed by atoms with Crippen LogP contribution in [0.4, 0.5) is 5.82 Å². The molecule has 0 unspecified atom stereocenters. The first-order valence-electron chi connectivity index (χ1n) is 9.03. The van der Waals surface area contributed by atoms with E-state index in [-0.39, 0.29) is 18.0 Å². The van der Waals surface area contributed by atoms with Crippen molar-refractivity contribution in [1.82, 2.24) is 28.5 Å². The van der Waals surface area contributed by atoms with Gasteiger partial charge in [0.1, 0.15) is 12.4 Å². The van der Waals surface area contributed by atoms with Crippen molar-refractivity contribution in [3.05, 3.63) is 37.8 Å². The topological polar surface area (TPSA) is 109 Å². The maximum absolute atomic E-state index is 12.7. The number of rotatable bonds is 4. The molecule has 0 atom stereocenters. The van der Waals surface area contributed by atoms with E-state index in [4.69, 9.17) is 0 Å². The van der Waals surface area contributed by atoms with Gasteiger partial charge in [0, 0.05) is 20.2 Å². The molecule has 1 N–H and O–H groups in total. The predicted molar refractivity (Wildman–Crippen MR) is 106 cm³/mol. The Morgan fingerprint density at radius 3 is 2.68 bits per heavy atom. The van der Waals surface area contributed by atoms with E-state index in [0.29, 0.717) is 22.2 Å². The highest BCUT2D eigenvalue weighted by atomic mass is 79.9. The number of hydrogen-bond donors (Lipinski definition) is 1. The summed E-state index contributed by atoms with van der Waals surface area (Å²) in [6.07, 6.45) is 6.09. The van der Waals surface area contributed by atoms with E-state index in [1.54, 1.807) is 19.3 Å². The van der Waals surface area contributed by atoms with Gasteiger partial charge in [-0.15, -0.1) is 0 Å². The Morgan fingerprint density at radius 1 is 1.25 bits per heavy atom. The normalized spacial score (nSPS) is 14.8. The average molecular weight is 450 g/mol. The summed E-state index contributed by atoms with van der Waals surface area (Å²) in [5, 5.41) is 7.23. The number of hydrogen-bond acceptors (Lipinski definition) is 5. The molecule has 148 valence electrons. The first-order valence-corrected chi connectivity index (χ1v) is 9.83. The van der Waals surface area contributed by atoms with Gasteiger partial charge in [0.15, 0.2) is 15.9 Å². The quantitative estimate of drug-likeness (QED) is 0.600. The Labute approximate surface area is 167 Å². The Morgan fingerprint density at radius 2 is 1.96 bits per heavy atom. The highest BCUT2D eigenvalue weighted by Crippen LogP contribution is 2.31. The van der Waals surface area contributed by atoms with Gasteiger partial charge in [-0.2, -0.15) is 5.10 Å². The number of carbonyl (C=O) groups is 1. The van der Waals surface area contributed by atoms with Crippen LogP contribution in [0, 0.1) is 0 Å². The predicted octanol–water partition coefficient (Wildman–Crippen LogP) is 1.15. The van der Waals surface area contributed by atoms with Crippen molar-refractivity contribution in [2.24, 2.45) is 14.1 Å². The molecular formula is C17H20BrN7O3. The molecule has 1 aliphatic rings. The summed E-state index contributed by atoms with van der Waals surface area (Å²) in [7, 11) is 2.94. The van der Waals surface area contributed by atoms with Gasteiger partial charge in [-0.3, -0.25) is 23.3 Å². The lowest BCUT2D eigenvalue weighted by Gasteiger charge is -2.15. The molecule has 0 aliphatic heterocycles. The monoisotopic (exact) mass is 449 g/mol. The van der Waals surface area contributed by atoms with Crippen LogP contribution in [-0.4, -0.2) is 34.4 Å². The average Bonchev–Trinajstić information content (AvgIpc) is 3.39. The van der Waals surface area contributed by atoms with Crippen molar-refractivity contribution in [1.29, 1.82) is 0 Å². The van der Waals surface area contributed by atoms with E-state index in [1.165, 1.54) is 16.2 Å². The van der Waals surface area contributed by atoms with Crippen LogP contribution in [0.3, 0.4) is 0 Å². The van der Waals surface area contributed by atoms with Gasteiger partial charge in [-0.05, 0) is 28.8 Å². The number of aromatic nitrogens is 6. The highest BCUT2D eigenvalue weighted by molar-refractivity contribution is 9.10. The molecule has 1 saturated carbocycles. The zero-order chi connectivity index (χ0) is 20.0.